The number of carboxylic acid groups (broad SMARTS) is 1. The highest BCUT2D eigenvalue weighted by Crippen LogP contribution is 2.14. The van der Waals surface area contributed by atoms with Gasteiger partial charge in [-0.1, -0.05) is 50.6 Å². The quantitative estimate of drug-likeness (QED) is 0.752. The van der Waals surface area contributed by atoms with E-state index in [0.717, 1.165) is 29.9 Å². The highest BCUT2D eigenvalue weighted by Gasteiger charge is 2.22. The van der Waals surface area contributed by atoms with Crippen molar-refractivity contribution < 1.29 is 14.7 Å². The largest absolute Gasteiger partial charge is 0.463 e. The molecule has 0 saturated carbocycles. The topological polar surface area (TPSA) is 49.8 Å². The third kappa shape index (κ3) is 4.37. The summed E-state index contributed by atoms with van der Waals surface area (Å²) >= 11 is 0. The van der Waals surface area contributed by atoms with Crippen molar-refractivity contribution in [1.29, 1.82) is 0 Å². The van der Waals surface area contributed by atoms with E-state index in [2.05, 4.69) is 0 Å². The summed E-state index contributed by atoms with van der Waals surface area (Å²) in [5.74, 6) is 0. The van der Waals surface area contributed by atoms with Crippen LogP contribution in [0.4, 0.5) is 4.79 Å². The fraction of sp³-hybridized carbons (Fsp3) is 0.500. The summed E-state index contributed by atoms with van der Waals surface area (Å²) in [6.45, 7) is 4.30. The van der Waals surface area contributed by atoms with Gasteiger partial charge in [0.15, 0.2) is 0 Å². The molecule has 4 nitrogen and oxygen atoms in total. The van der Waals surface area contributed by atoms with Crippen LogP contribution in [0.3, 0.4) is 0 Å². The molecular weight excluding hydrogens is 230 g/mol. The van der Waals surface area contributed by atoms with Crippen LogP contribution in [0.1, 0.15) is 38.7 Å². The van der Waals surface area contributed by atoms with Crippen molar-refractivity contribution in [2.24, 2.45) is 0 Å². The van der Waals surface area contributed by atoms with Crippen LogP contribution < -0.4 is 0 Å². The zero-order valence-electron chi connectivity index (χ0n) is 11.0. The Morgan fingerprint density at radius 1 is 1.33 bits per heavy atom. The molecule has 0 aromatic heterocycles. The van der Waals surface area contributed by atoms with E-state index in [9.17, 15) is 9.90 Å². The van der Waals surface area contributed by atoms with Gasteiger partial charge in [-0.3, -0.25) is 4.84 Å². The zero-order valence-corrected chi connectivity index (χ0v) is 11.0. The van der Waals surface area contributed by atoms with Crippen molar-refractivity contribution >= 4 is 6.09 Å². The lowest BCUT2D eigenvalue weighted by Crippen LogP contribution is -2.38. The molecular formula is C14H21NO3. The number of hydrogen-bond acceptors (Lipinski definition) is 2. The molecule has 1 aromatic carbocycles. The highest BCUT2D eigenvalue weighted by molar-refractivity contribution is 5.63. The number of hydroxylamine groups is 2. The third-order valence-electron chi connectivity index (χ3n) is 2.83. The SMILES string of the molecule is CCCC(CC)N(OCc1ccccc1)C(=O)O. The van der Waals surface area contributed by atoms with Crippen LogP contribution >= 0.6 is 0 Å². The van der Waals surface area contributed by atoms with Gasteiger partial charge < -0.3 is 5.11 Å². The number of amides is 1. The highest BCUT2D eigenvalue weighted by atomic mass is 16.7. The molecule has 18 heavy (non-hydrogen) atoms. The summed E-state index contributed by atoms with van der Waals surface area (Å²) in [6, 6.07) is 9.50. The van der Waals surface area contributed by atoms with E-state index in [1.807, 2.05) is 44.2 Å². The van der Waals surface area contributed by atoms with Gasteiger partial charge in [-0.05, 0) is 18.4 Å². The molecule has 1 aromatic rings. The first-order chi connectivity index (χ1) is 8.69. The van der Waals surface area contributed by atoms with Crippen LogP contribution in [0.2, 0.25) is 0 Å². The summed E-state index contributed by atoms with van der Waals surface area (Å²) in [5, 5.41) is 10.3. The number of rotatable bonds is 7. The molecule has 1 rings (SSSR count). The molecule has 0 aliphatic carbocycles. The van der Waals surface area contributed by atoms with Crippen molar-refractivity contribution in [2.45, 2.75) is 45.8 Å². The van der Waals surface area contributed by atoms with Gasteiger partial charge in [0.1, 0.15) is 6.61 Å². The Morgan fingerprint density at radius 2 is 2.00 bits per heavy atom. The number of carbonyl (C=O) groups is 1. The first-order valence-corrected chi connectivity index (χ1v) is 6.38. The fourth-order valence-corrected chi connectivity index (χ4v) is 1.86. The Morgan fingerprint density at radius 3 is 2.50 bits per heavy atom. The van der Waals surface area contributed by atoms with Crippen LogP contribution in [-0.2, 0) is 11.4 Å². The van der Waals surface area contributed by atoms with Crippen molar-refractivity contribution in [1.82, 2.24) is 5.06 Å². The molecule has 0 saturated heterocycles. The summed E-state index contributed by atoms with van der Waals surface area (Å²) in [7, 11) is 0. The van der Waals surface area contributed by atoms with Gasteiger partial charge in [0.2, 0.25) is 0 Å². The predicted molar refractivity (Wildman–Crippen MR) is 70.1 cm³/mol. The molecule has 0 heterocycles. The van der Waals surface area contributed by atoms with Crippen molar-refractivity contribution in [3.05, 3.63) is 35.9 Å². The smallest absolute Gasteiger partial charge is 0.431 e. The second-order valence-corrected chi connectivity index (χ2v) is 4.22. The van der Waals surface area contributed by atoms with E-state index in [-0.39, 0.29) is 12.6 Å². The summed E-state index contributed by atoms with van der Waals surface area (Å²) in [6.07, 6.45) is 1.50. The second-order valence-electron chi connectivity index (χ2n) is 4.22. The van der Waals surface area contributed by atoms with Crippen LogP contribution in [-0.4, -0.2) is 22.3 Å². The van der Waals surface area contributed by atoms with Gasteiger partial charge in [0.25, 0.3) is 0 Å². The molecule has 1 unspecified atom stereocenters. The lowest BCUT2D eigenvalue weighted by Gasteiger charge is -2.27. The van der Waals surface area contributed by atoms with E-state index < -0.39 is 6.09 Å². The van der Waals surface area contributed by atoms with E-state index >= 15 is 0 Å². The summed E-state index contributed by atoms with van der Waals surface area (Å²) in [4.78, 5) is 16.6. The average molecular weight is 251 g/mol. The summed E-state index contributed by atoms with van der Waals surface area (Å²) in [5.41, 5.74) is 0.968. The fourth-order valence-electron chi connectivity index (χ4n) is 1.86. The van der Waals surface area contributed by atoms with Gasteiger partial charge in [-0.25, -0.2) is 4.79 Å². The maximum Gasteiger partial charge on any atom is 0.431 e. The minimum Gasteiger partial charge on any atom is -0.463 e. The average Bonchev–Trinajstić information content (AvgIpc) is 2.38. The zero-order chi connectivity index (χ0) is 13.4. The van der Waals surface area contributed by atoms with Crippen LogP contribution in [0.5, 0.6) is 0 Å². The number of hydrogen-bond donors (Lipinski definition) is 1. The minimum atomic E-state index is -1.02. The number of benzene rings is 1. The van der Waals surface area contributed by atoms with Gasteiger partial charge in [0, 0.05) is 0 Å². The normalized spacial score (nSPS) is 12.1. The molecule has 4 heteroatoms. The van der Waals surface area contributed by atoms with E-state index in [0.29, 0.717) is 0 Å². The molecule has 100 valence electrons. The second kappa shape index (κ2) is 7.71. The molecule has 1 N–H and O–H groups in total. The Labute approximate surface area is 108 Å². The monoisotopic (exact) mass is 251 g/mol. The lowest BCUT2D eigenvalue weighted by molar-refractivity contribution is -0.168. The maximum absolute atomic E-state index is 11.2. The first-order valence-electron chi connectivity index (χ1n) is 6.38. The molecule has 0 aliphatic heterocycles. The minimum absolute atomic E-state index is 0.0730. The molecule has 1 amide bonds. The van der Waals surface area contributed by atoms with Crippen LogP contribution in [0, 0.1) is 0 Å². The van der Waals surface area contributed by atoms with Gasteiger partial charge in [0.05, 0.1) is 6.04 Å². The Balaban J connectivity index is 2.60. The summed E-state index contributed by atoms with van der Waals surface area (Å²) < 4.78 is 0. The molecule has 0 spiro atoms. The Hall–Kier alpha value is -1.55. The van der Waals surface area contributed by atoms with Crippen LogP contribution in [0.15, 0.2) is 30.3 Å². The first kappa shape index (κ1) is 14.5. The molecule has 0 fully saturated rings. The van der Waals surface area contributed by atoms with E-state index in [4.69, 9.17) is 4.84 Å². The van der Waals surface area contributed by atoms with Crippen molar-refractivity contribution in [3.8, 4) is 0 Å². The molecule has 0 bridgehead atoms. The Kier molecular flexibility index (Phi) is 6.22. The van der Waals surface area contributed by atoms with E-state index in [1.165, 1.54) is 0 Å². The van der Waals surface area contributed by atoms with E-state index in [1.54, 1.807) is 0 Å². The predicted octanol–water partition coefficient (Wildman–Crippen LogP) is 3.68. The van der Waals surface area contributed by atoms with Gasteiger partial charge in [-0.15, -0.1) is 0 Å². The lowest BCUT2D eigenvalue weighted by atomic mass is 10.1. The van der Waals surface area contributed by atoms with Crippen LogP contribution in [0.25, 0.3) is 0 Å². The van der Waals surface area contributed by atoms with Gasteiger partial charge >= 0.3 is 6.09 Å². The van der Waals surface area contributed by atoms with Crippen molar-refractivity contribution in [3.63, 3.8) is 0 Å². The Bertz CT molecular complexity index is 353. The van der Waals surface area contributed by atoms with Crippen molar-refractivity contribution in [2.75, 3.05) is 0 Å². The van der Waals surface area contributed by atoms with Gasteiger partial charge in [-0.2, -0.15) is 5.06 Å². The third-order valence-corrected chi connectivity index (χ3v) is 2.83. The molecule has 0 radical (unpaired) electrons. The molecule has 1 atom stereocenters. The standard InChI is InChI=1S/C14H21NO3/c1-3-8-13(4-2)15(14(16)17)18-11-12-9-6-5-7-10-12/h5-7,9-10,13H,3-4,8,11H2,1-2H3,(H,16,17). The number of nitrogens with zero attached hydrogens (tertiary/aromatic N) is 1. The molecule has 0 aliphatic rings. The maximum atomic E-state index is 11.2.